The molecule has 3 nitrogen and oxygen atoms in total. The van der Waals surface area contributed by atoms with E-state index in [9.17, 15) is 4.79 Å². The number of rotatable bonds is 4. The van der Waals surface area contributed by atoms with E-state index in [-0.39, 0.29) is 5.43 Å². The molecule has 82 valence electrons. The van der Waals surface area contributed by atoms with Crippen LogP contribution in [0.25, 0.3) is 0 Å². The van der Waals surface area contributed by atoms with Gasteiger partial charge in [-0.2, -0.15) is 0 Å². The predicted octanol–water partition coefficient (Wildman–Crippen LogP) is 1.93. The number of hydrogen-bond donors (Lipinski definition) is 0. The van der Waals surface area contributed by atoms with Crippen LogP contribution in [0.3, 0.4) is 0 Å². The first-order chi connectivity index (χ1) is 7.84. The molecule has 0 aliphatic carbocycles. The maximum Gasteiger partial charge on any atom is 0.181 e. The summed E-state index contributed by atoms with van der Waals surface area (Å²) in [7, 11) is 0. The van der Waals surface area contributed by atoms with Crippen LogP contribution in [-0.2, 0) is 6.54 Å². The van der Waals surface area contributed by atoms with E-state index >= 15 is 0 Å². The molecular formula is C13H13NO2. The van der Waals surface area contributed by atoms with Gasteiger partial charge in [0.25, 0.3) is 0 Å². The monoisotopic (exact) mass is 215 g/mol. The van der Waals surface area contributed by atoms with Gasteiger partial charge < -0.3 is 9.30 Å². The minimum absolute atomic E-state index is 0.0280. The molecule has 0 N–H and O–H groups in total. The van der Waals surface area contributed by atoms with Crippen molar-refractivity contribution in [3.8, 4) is 5.75 Å². The number of pyridine rings is 1. The third kappa shape index (κ3) is 2.98. The van der Waals surface area contributed by atoms with Crippen molar-refractivity contribution in [3.63, 3.8) is 0 Å². The highest BCUT2D eigenvalue weighted by molar-refractivity contribution is 5.20. The van der Waals surface area contributed by atoms with E-state index in [1.54, 1.807) is 24.5 Å². The van der Waals surface area contributed by atoms with Crippen molar-refractivity contribution in [2.45, 2.75) is 6.54 Å². The highest BCUT2D eigenvalue weighted by Gasteiger charge is 1.92. The molecule has 0 aliphatic rings. The van der Waals surface area contributed by atoms with Gasteiger partial charge in [-0.1, -0.05) is 18.2 Å². The van der Waals surface area contributed by atoms with Gasteiger partial charge in [-0.05, 0) is 12.1 Å². The Kier molecular flexibility index (Phi) is 3.38. The van der Waals surface area contributed by atoms with Crippen LogP contribution in [0.4, 0.5) is 0 Å². The minimum atomic E-state index is 0.0280. The van der Waals surface area contributed by atoms with Crippen molar-refractivity contribution in [1.82, 2.24) is 4.57 Å². The average Bonchev–Trinajstić information content (AvgIpc) is 2.33. The Hall–Kier alpha value is -2.03. The largest absolute Gasteiger partial charge is 0.492 e. The van der Waals surface area contributed by atoms with Crippen molar-refractivity contribution < 1.29 is 4.74 Å². The fraction of sp³-hybridized carbons (Fsp3) is 0.154. The summed E-state index contributed by atoms with van der Waals surface area (Å²) < 4.78 is 7.46. The molecule has 1 aromatic carbocycles. The van der Waals surface area contributed by atoms with Crippen LogP contribution in [0.1, 0.15) is 0 Å². The number of para-hydroxylation sites is 1. The molecule has 2 rings (SSSR count). The summed E-state index contributed by atoms with van der Waals surface area (Å²) >= 11 is 0. The fourth-order valence-electron chi connectivity index (χ4n) is 1.38. The maximum atomic E-state index is 10.9. The summed E-state index contributed by atoms with van der Waals surface area (Å²) in [5.41, 5.74) is 0.0280. The second kappa shape index (κ2) is 5.16. The van der Waals surface area contributed by atoms with Crippen LogP contribution in [0, 0.1) is 0 Å². The number of ether oxygens (including phenoxy) is 1. The third-order valence-electron chi connectivity index (χ3n) is 2.22. The second-order valence-electron chi connectivity index (χ2n) is 3.43. The zero-order chi connectivity index (χ0) is 11.2. The third-order valence-corrected chi connectivity index (χ3v) is 2.22. The van der Waals surface area contributed by atoms with E-state index in [0.717, 1.165) is 12.3 Å². The Morgan fingerprint density at radius 3 is 2.38 bits per heavy atom. The molecule has 1 aromatic heterocycles. The molecule has 0 aliphatic heterocycles. The zero-order valence-corrected chi connectivity index (χ0v) is 8.87. The lowest BCUT2D eigenvalue weighted by Crippen LogP contribution is -2.10. The van der Waals surface area contributed by atoms with Gasteiger partial charge in [0.15, 0.2) is 5.43 Å². The van der Waals surface area contributed by atoms with Crippen LogP contribution in [0.5, 0.6) is 5.75 Å². The van der Waals surface area contributed by atoms with E-state index in [1.807, 2.05) is 34.9 Å². The van der Waals surface area contributed by atoms with Crippen molar-refractivity contribution in [1.29, 1.82) is 0 Å². The molecule has 0 radical (unpaired) electrons. The van der Waals surface area contributed by atoms with Gasteiger partial charge >= 0.3 is 0 Å². The van der Waals surface area contributed by atoms with Crippen molar-refractivity contribution in [2.75, 3.05) is 6.61 Å². The number of hydrogen-bond acceptors (Lipinski definition) is 2. The minimum Gasteiger partial charge on any atom is -0.492 e. The number of nitrogens with zero attached hydrogens (tertiary/aromatic N) is 1. The van der Waals surface area contributed by atoms with Gasteiger partial charge in [0.2, 0.25) is 0 Å². The van der Waals surface area contributed by atoms with E-state index in [1.165, 1.54) is 0 Å². The highest BCUT2D eigenvalue weighted by atomic mass is 16.5. The average molecular weight is 215 g/mol. The van der Waals surface area contributed by atoms with Crippen LogP contribution in [-0.4, -0.2) is 11.2 Å². The SMILES string of the molecule is O=c1ccn(CCOc2ccccc2)cc1. The highest BCUT2D eigenvalue weighted by Crippen LogP contribution is 2.07. The summed E-state index contributed by atoms with van der Waals surface area (Å²) in [4.78, 5) is 10.9. The zero-order valence-electron chi connectivity index (χ0n) is 8.87. The van der Waals surface area contributed by atoms with E-state index in [4.69, 9.17) is 4.74 Å². The van der Waals surface area contributed by atoms with Crippen LogP contribution >= 0.6 is 0 Å². The smallest absolute Gasteiger partial charge is 0.181 e. The number of benzene rings is 1. The molecule has 16 heavy (non-hydrogen) atoms. The lowest BCUT2D eigenvalue weighted by atomic mass is 10.3. The molecule has 1 heterocycles. The van der Waals surface area contributed by atoms with E-state index in [0.29, 0.717) is 6.61 Å². The first-order valence-corrected chi connectivity index (χ1v) is 5.18. The molecule has 0 unspecified atom stereocenters. The maximum absolute atomic E-state index is 10.9. The lowest BCUT2D eigenvalue weighted by Gasteiger charge is -2.07. The summed E-state index contributed by atoms with van der Waals surface area (Å²) in [5, 5.41) is 0. The fourth-order valence-corrected chi connectivity index (χ4v) is 1.38. The standard InChI is InChI=1S/C13H13NO2/c15-12-6-8-14(9-7-12)10-11-16-13-4-2-1-3-5-13/h1-9H,10-11H2. The molecule has 0 amide bonds. The summed E-state index contributed by atoms with van der Waals surface area (Å²) in [6.07, 6.45) is 3.52. The Labute approximate surface area is 93.9 Å². The van der Waals surface area contributed by atoms with Gasteiger partial charge in [-0.15, -0.1) is 0 Å². The van der Waals surface area contributed by atoms with Crippen molar-refractivity contribution in [3.05, 3.63) is 65.1 Å². The quantitative estimate of drug-likeness (QED) is 0.780. The topological polar surface area (TPSA) is 31.2 Å². The van der Waals surface area contributed by atoms with E-state index < -0.39 is 0 Å². The normalized spacial score (nSPS) is 10.0. The molecule has 0 saturated carbocycles. The van der Waals surface area contributed by atoms with Crippen molar-refractivity contribution in [2.24, 2.45) is 0 Å². The predicted molar refractivity (Wildman–Crippen MR) is 62.6 cm³/mol. The van der Waals surface area contributed by atoms with Gasteiger partial charge in [-0.25, -0.2) is 0 Å². The molecule has 0 saturated heterocycles. The first-order valence-electron chi connectivity index (χ1n) is 5.18. The lowest BCUT2D eigenvalue weighted by molar-refractivity contribution is 0.298. The molecule has 0 spiro atoms. The van der Waals surface area contributed by atoms with Gasteiger partial charge in [0.1, 0.15) is 12.4 Å². The Bertz CT molecular complexity index is 470. The van der Waals surface area contributed by atoms with E-state index in [2.05, 4.69) is 0 Å². The number of aromatic nitrogens is 1. The Morgan fingerprint density at radius 2 is 1.69 bits per heavy atom. The molecular weight excluding hydrogens is 202 g/mol. The molecule has 0 fully saturated rings. The molecule has 0 atom stereocenters. The van der Waals surface area contributed by atoms with Crippen LogP contribution in [0.2, 0.25) is 0 Å². The summed E-state index contributed by atoms with van der Waals surface area (Å²) in [5.74, 6) is 0.864. The van der Waals surface area contributed by atoms with Gasteiger partial charge in [0.05, 0.1) is 6.54 Å². The Morgan fingerprint density at radius 1 is 1.00 bits per heavy atom. The molecule has 3 heteroatoms. The van der Waals surface area contributed by atoms with Gasteiger partial charge in [0, 0.05) is 24.5 Å². The molecule has 2 aromatic rings. The van der Waals surface area contributed by atoms with Crippen LogP contribution in [0.15, 0.2) is 59.7 Å². The van der Waals surface area contributed by atoms with Crippen LogP contribution < -0.4 is 10.2 Å². The molecule has 0 bridgehead atoms. The summed E-state index contributed by atoms with van der Waals surface area (Å²) in [6.45, 7) is 1.32. The second-order valence-corrected chi connectivity index (χ2v) is 3.43. The first kappa shape index (κ1) is 10.5. The van der Waals surface area contributed by atoms with Gasteiger partial charge in [-0.3, -0.25) is 4.79 Å². The Balaban J connectivity index is 1.84. The summed E-state index contributed by atoms with van der Waals surface area (Å²) in [6, 6.07) is 12.8. The van der Waals surface area contributed by atoms with Crippen molar-refractivity contribution >= 4 is 0 Å².